The van der Waals surface area contributed by atoms with Crippen molar-refractivity contribution >= 4 is 69.1 Å². The van der Waals surface area contributed by atoms with Crippen LogP contribution in [0.2, 0.25) is 0 Å². The number of rotatable bonds is 5. The maximum Gasteiger partial charge on any atom is 0.0954 e. The summed E-state index contributed by atoms with van der Waals surface area (Å²) in [6, 6.07) is 47.3. The average molecular weight is 802 g/mol. The van der Waals surface area contributed by atoms with E-state index in [0.717, 1.165) is 24.0 Å². The van der Waals surface area contributed by atoms with Gasteiger partial charge in [0, 0.05) is 22.5 Å². The van der Waals surface area contributed by atoms with E-state index in [1.807, 2.05) is 0 Å². The largest absolute Gasteiger partial charge is 0.347 e. The van der Waals surface area contributed by atoms with Gasteiger partial charge in [-0.2, -0.15) is 0 Å². The summed E-state index contributed by atoms with van der Waals surface area (Å²) in [7, 11) is 0. The van der Waals surface area contributed by atoms with Crippen molar-refractivity contribution in [1.82, 2.24) is 0 Å². The molecule has 1 aliphatic heterocycles. The van der Waals surface area contributed by atoms with E-state index in [1.165, 1.54) is 82.7 Å². The predicted molar refractivity (Wildman–Crippen MR) is 250 cm³/mol. The maximum atomic E-state index is 7.70. The number of fused-ring (bicyclic) bond motifs is 3. The van der Waals surface area contributed by atoms with Crippen molar-refractivity contribution in [3.8, 4) is 11.1 Å². The Labute approximate surface area is 347 Å². The molecule has 0 bridgehead atoms. The molecule has 1 atom stereocenters. The van der Waals surface area contributed by atoms with E-state index in [9.17, 15) is 0 Å². The zero-order valence-corrected chi connectivity index (χ0v) is 35.9. The summed E-state index contributed by atoms with van der Waals surface area (Å²) < 4.78 is 0. The number of anilines is 2. The van der Waals surface area contributed by atoms with E-state index < -0.39 is 6.89 Å². The van der Waals surface area contributed by atoms with Crippen molar-refractivity contribution in [2.24, 2.45) is 0 Å². The number of nitrogens with zero attached hydrogens (tertiary/aromatic N) is 2. The van der Waals surface area contributed by atoms with E-state index in [1.54, 1.807) is 0 Å². The van der Waals surface area contributed by atoms with Gasteiger partial charge in [0.25, 0.3) is 0 Å². The lowest BCUT2D eigenvalue weighted by Gasteiger charge is -2.41. The highest BCUT2D eigenvalue weighted by Crippen LogP contribution is 2.60. The van der Waals surface area contributed by atoms with Crippen LogP contribution in [0, 0.1) is 41.5 Å². The van der Waals surface area contributed by atoms with Crippen LogP contribution in [-0.2, 0) is 0 Å². The normalized spacial score (nSPS) is 17.3. The number of allylic oxidation sites excluding steroid dienone is 4. The van der Waals surface area contributed by atoms with Crippen molar-refractivity contribution in [2.45, 2.75) is 47.2 Å². The molecule has 0 N–H and O–H groups in total. The summed E-state index contributed by atoms with van der Waals surface area (Å²) in [5.41, 5.74) is 16.4. The van der Waals surface area contributed by atoms with Gasteiger partial charge in [0.05, 0.1) is 23.3 Å². The van der Waals surface area contributed by atoms with Gasteiger partial charge in [-0.3, -0.25) is 0 Å². The van der Waals surface area contributed by atoms with Gasteiger partial charge >= 0.3 is 0 Å². The molecular weight excluding hydrogens is 754 g/mol. The van der Waals surface area contributed by atoms with Crippen LogP contribution in [-0.4, -0.2) is 24.3 Å². The number of benzene rings is 6. The van der Waals surface area contributed by atoms with Gasteiger partial charge in [0.1, 0.15) is 0 Å². The number of halogens is 2. The lowest BCUT2D eigenvalue weighted by Crippen LogP contribution is -2.41. The zero-order valence-electron chi connectivity index (χ0n) is 33.4. The van der Waals surface area contributed by atoms with Crippen LogP contribution in [0.4, 0.5) is 11.4 Å². The molecule has 1 heterocycles. The Morgan fingerprint density at radius 3 is 1.75 bits per heavy atom. The zero-order chi connectivity index (χ0) is 39.6. The van der Waals surface area contributed by atoms with Crippen molar-refractivity contribution in [1.29, 1.82) is 0 Å². The van der Waals surface area contributed by atoms with Gasteiger partial charge < -0.3 is 9.80 Å². The standard InChI is InChI=1S/C52H47Cl2N2P/c1-33-26-35(3)51(36(4)27-33)55-31-48(56(32-55)52-37(5)28-34(2)29-38(52)6)57(40-17-9-7-10-18-40,41-19-11-8-12-20-41)47-25-24-46(53)50(54)49(47)44-23-15-22-43-42-21-14-13-16-39(42)30-45(43)44/h7-30,47H,31-32H2,1-6H3. The number of aryl methyl sites for hydroxylation is 6. The van der Waals surface area contributed by atoms with E-state index in [4.69, 9.17) is 23.2 Å². The Hall–Kier alpha value is -4.98. The van der Waals surface area contributed by atoms with Crippen molar-refractivity contribution in [3.63, 3.8) is 0 Å². The Kier molecular flexibility index (Phi) is 9.73. The molecule has 0 saturated carbocycles. The molecule has 1 fully saturated rings. The second kappa shape index (κ2) is 14.8. The molecule has 5 heteroatoms. The van der Waals surface area contributed by atoms with Crippen LogP contribution < -0.4 is 30.8 Å². The SMILES string of the molecule is Cc1cc(C)c(N2CC(=P(c3ccccc3)(c3ccccc3)C3C=CC(Cl)=C(Cl)C3=c3cccc4c3=Cc3ccccc3-4)N(c3c(C)cc(C)cc3C)C2)c(C)c1. The van der Waals surface area contributed by atoms with Crippen LogP contribution in [0.5, 0.6) is 0 Å². The van der Waals surface area contributed by atoms with Gasteiger partial charge in [0.15, 0.2) is 0 Å². The quantitative estimate of drug-likeness (QED) is 0.160. The third-order valence-corrected chi connectivity index (χ3v) is 17.6. The van der Waals surface area contributed by atoms with Crippen molar-refractivity contribution in [2.75, 3.05) is 23.0 Å². The third kappa shape index (κ3) is 6.16. The minimum absolute atomic E-state index is 0.135. The Morgan fingerprint density at radius 1 is 0.596 bits per heavy atom. The topological polar surface area (TPSA) is 6.48 Å². The molecule has 57 heavy (non-hydrogen) atoms. The molecule has 1 unspecified atom stereocenters. The summed E-state index contributed by atoms with van der Waals surface area (Å²) >= 11 is 14.9. The summed E-state index contributed by atoms with van der Waals surface area (Å²) in [5, 5.41) is 6.14. The van der Waals surface area contributed by atoms with E-state index >= 15 is 0 Å². The van der Waals surface area contributed by atoms with Crippen LogP contribution >= 0.6 is 30.1 Å². The Bertz CT molecular complexity index is 2760. The fourth-order valence-corrected chi connectivity index (χ4v) is 15.8. The highest BCUT2D eigenvalue weighted by molar-refractivity contribution is 7.90. The fraction of sp³-hybridized carbons (Fsp3) is 0.173. The highest BCUT2D eigenvalue weighted by atomic mass is 35.5. The lowest BCUT2D eigenvalue weighted by atomic mass is 9.99. The molecule has 9 rings (SSSR count). The minimum atomic E-state index is -2.69. The first-order valence-electron chi connectivity index (χ1n) is 19.8. The molecule has 1 saturated heterocycles. The molecule has 0 radical (unpaired) electrons. The second-order valence-electron chi connectivity index (χ2n) is 16.0. The van der Waals surface area contributed by atoms with Gasteiger partial charge in [-0.25, -0.2) is 0 Å². The molecule has 0 aromatic heterocycles. The molecule has 284 valence electrons. The van der Waals surface area contributed by atoms with Crippen LogP contribution in [0.3, 0.4) is 0 Å². The third-order valence-electron chi connectivity index (χ3n) is 12.1. The lowest BCUT2D eigenvalue weighted by molar-refractivity contribution is 0.936. The molecule has 0 spiro atoms. The summed E-state index contributed by atoms with van der Waals surface area (Å²) in [4.78, 5) is 5.31. The summed E-state index contributed by atoms with van der Waals surface area (Å²) in [6.07, 6.45) is 6.78. The summed E-state index contributed by atoms with van der Waals surface area (Å²) in [5.74, 6) is 0. The first kappa shape index (κ1) is 37.6. The van der Waals surface area contributed by atoms with Crippen molar-refractivity contribution in [3.05, 3.63) is 199 Å². The van der Waals surface area contributed by atoms with Crippen LogP contribution in [0.1, 0.15) is 38.9 Å². The average Bonchev–Trinajstić information content (AvgIpc) is 3.79. The predicted octanol–water partition coefficient (Wildman–Crippen LogP) is 10.9. The first-order chi connectivity index (χ1) is 27.6. The summed E-state index contributed by atoms with van der Waals surface area (Å²) in [6.45, 7) is 12.3. The Balaban J connectivity index is 1.48. The Morgan fingerprint density at radius 2 is 1.14 bits per heavy atom. The van der Waals surface area contributed by atoms with Gasteiger partial charge in [-0.1, -0.05) is 168 Å². The van der Waals surface area contributed by atoms with Crippen LogP contribution in [0.25, 0.3) is 22.8 Å². The van der Waals surface area contributed by atoms with E-state index in [-0.39, 0.29) is 5.66 Å². The minimum Gasteiger partial charge on any atom is -0.347 e. The van der Waals surface area contributed by atoms with E-state index in [2.05, 4.69) is 197 Å². The first-order valence-corrected chi connectivity index (χ1v) is 22.4. The number of hydrogen-bond donors (Lipinski definition) is 0. The number of hydrogen-bond acceptors (Lipinski definition) is 1. The fourth-order valence-electron chi connectivity index (χ4n) is 10.2. The second-order valence-corrected chi connectivity index (χ2v) is 20.3. The molecule has 2 nitrogen and oxygen atoms in total. The molecule has 3 aliphatic rings. The molecular formula is C52H47Cl2N2P. The maximum absolute atomic E-state index is 7.70. The molecule has 6 aromatic carbocycles. The van der Waals surface area contributed by atoms with Crippen LogP contribution in [0.15, 0.2) is 150 Å². The van der Waals surface area contributed by atoms with Gasteiger partial charge in [0.2, 0.25) is 0 Å². The molecule has 0 amide bonds. The van der Waals surface area contributed by atoms with E-state index in [0.29, 0.717) is 10.1 Å². The smallest absolute Gasteiger partial charge is 0.0954 e. The van der Waals surface area contributed by atoms with Gasteiger partial charge in [-0.15, -0.1) is 0 Å². The van der Waals surface area contributed by atoms with Crippen molar-refractivity contribution < 1.29 is 0 Å². The molecule has 6 aromatic rings. The highest BCUT2D eigenvalue weighted by Gasteiger charge is 2.44. The molecule has 2 aliphatic carbocycles. The monoisotopic (exact) mass is 800 g/mol. The van der Waals surface area contributed by atoms with Gasteiger partial charge in [-0.05, 0) is 126 Å².